The zero-order valence-electron chi connectivity index (χ0n) is 33.2. The molecule has 2 fully saturated rings. The van der Waals surface area contributed by atoms with Crippen LogP contribution in [0.15, 0.2) is 117 Å². The molecule has 326 valence electrons. The highest BCUT2D eigenvalue weighted by Gasteiger charge is 2.48. The van der Waals surface area contributed by atoms with Gasteiger partial charge in [-0.15, -0.1) is 11.8 Å². The highest BCUT2D eigenvalue weighted by Crippen LogP contribution is 2.37. The summed E-state index contributed by atoms with van der Waals surface area (Å²) in [6.07, 6.45) is 2.37. The largest absolute Gasteiger partial charge is 0.501 e. The fourth-order valence-electron chi connectivity index (χ4n) is 7.48. The molecular weight excluding hydrogens is 871 g/mol. The maximum Gasteiger partial charge on any atom is 0.501 e. The van der Waals surface area contributed by atoms with Gasteiger partial charge in [0.2, 0.25) is 0 Å². The zero-order chi connectivity index (χ0) is 43.2. The number of carbonyl (C=O) groups is 1. The van der Waals surface area contributed by atoms with Gasteiger partial charge in [-0.25, -0.2) is 21.6 Å². The minimum absolute atomic E-state index is 0.00712. The van der Waals surface area contributed by atoms with Crippen molar-refractivity contribution in [1.29, 1.82) is 0 Å². The van der Waals surface area contributed by atoms with Crippen LogP contribution in [0.3, 0.4) is 0 Å². The van der Waals surface area contributed by atoms with E-state index in [0.717, 1.165) is 73.8 Å². The van der Waals surface area contributed by atoms with Crippen LogP contribution in [0.2, 0.25) is 5.02 Å². The number of anilines is 2. The molecule has 0 spiro atoms. The van der Waals surface area contributed by atoms with Crippen molar-refractivity contribution >= 4 is 66.1 Å². The van der Waals surface area contributed by atoms with E-state index in [4.69, 9.17) is 16.3 Å². The number of rotatable bonds is 16. The number of piperazine rings is 1. The van der Waals surface area contributed by atoms with Gasteiger partial charge < -0.3 is 19.9 Å². The van der Waals surface area contributed by atoms with Crippen molar-refractivity contribution in [3.8, 4) is 0 Å². The lowest BCUT2D eigenvalue weighted by Crippen LogP contribution is -2.47. The molecule has 61 heavy (non-hydrogen) atoms. The first-order valence-corrected chi connectivity index (χ1v) is 24.3. The molecule has 0 aliphatic carbocycles. The number of thioether (sulfide) groups is 1. The minimum Gasteiger partial charge on any atom is -0.380 e. The smallest absolute Gasteiger partial charge is 0.380 e. The molecule has 1 atom stereocenters. The highest BCUT2D eigenvalue weighted by molar-refractivity contribution is 7.99. The van der Waals surface area contributed by atoms with Crippen LogP contribution in [-0.4, -0.2) is 115 Å². The molecule has 18 heteroatoms. The summed E-state index contributed by atoms with van der Waals surface area (Å²) in [5.74, 6) is -0.628. The van der Waals surface area contributed by atoms with Gasteiger partial charge in [-0.2, -0.15) is 13.2 Å². The number of hydrogen-bond donors (Lipinski definition) is 2. The zero-order valence-corrected chi connectivity index (χ0v) is 36.4. The molecule has 0 saturated carbocycles. The van der Waals surface area contributed by atoms with E-state index < -0.39 is 47.1 Å². The molecule has 1 amide bonds. The Morgan fingerprint density at radius 3 is 2.21 bits per heavy atom. The number of nitrogens with one attached hydrogen (secondary N) is 2. The SMILES string of the molecule is O=C(NS(=O)(=O)c1ccc(N[C@H](CCN2CCC2)CSc2ccccc2)c(S(=O)(=O)C(F)(F)F)c1)c1ccc(N2CCN(CC3=C(c4ccc(Cl)cc4)CCOC3)CC2)cc1. The molecule has 0 bridgehead atoms. The summed E-state index contributed by atoms with van der Waals surface area (Å²) >= 11 is 7.58. The molecule has 11 nitrogen and oxygen atoms in total. The van der Waals surface area contributed by atoms with E-state index >= 15 is 0 Å². The van der Waals surface area contributed by atoms with Crippen LogP contribution in [-0.2, 0) is 24.6 Å². The van der Waals surface area contributed by atoms with Crippen LogP contribution in [0.25, 0.3) is 5.57 Å². The molecule has 3 aliphatic heterocycles. The maximum absolute atomic E-state index is 14.1. The number of sulfone groups is 1. The molecule has 2 saturated heterocycles. The Labute approximate surface area is 364 Å². The lowest BCUT2D eigenvalue weighted by molar-refractivity contribution is -0.0435. The molecule has 4 aromatic carbocycles. The van der Waals surface area contributed by atoms with Crippen molar-refractivity contribution < 1.29 is 39.5 Å². The Morgan fingerprint density at radius 2 is 1.56 bits per heavy atom. The van der Waals surface area contributed by atoms with Gasteiger partial charge in [-0.1, -0.05) is 41.9 Å². The normalized spacial score (nSPS) is 17.5. The van der Waals surface area contributed by atoms with Gasteiger partial charge in [0.25, 0.3) is 25.8 Å². The predicted octanol–water partition coefficient (Wildman–Crippen LogP) is 7.42. The quantitative estimate of drug-likeness (QED) is 0.109. The summed E-state index contributed by atoms with van der Waals surface area (Å²) in [7, 11) is -10.8. The predicted molar refractivity (Wildman–Crippen MR) is 233 cm³/mol. The van der Waals surface area contributed by atoms with E-state index in [1.54, 1.807) is 12.1 Å². The number of carbonyl (C=O) groups excluding carboxylic acids is 1. The van der Waals surface area contributed by atoms with Gasteiger partial charge in [0.15, 0.2) is 0 Å². The third-order valence-corrected chi connectivity index (χ3v) is 15.3. The number of hydrogen-bond acceptors (Lipinski definition) is 11. The monoisotopic (exact) mass is 917 g/mol. The number of benzene rings is 4. The first-order valence-electron chi connectivity index (χ1n) is 20.0. The third-order valence-electron chi connectivity index (χ3n) is 11.1. The second-order valence-corrected chi connectivity index (χ2v) is 20.3. The number of ether oxygens (including phenoxy) is 1. The lowest BCUT2D eigenvalue weighted by atomic mass is 9.95. The average molecular weight is 919 g/mol. The van der Waals surface area contributed by atoms with E-state index in [1.807, 2.05) is 59.3 Å². The number of halogens is 4. The summed E-state index contributed by atoms with van der Waals surface area (Å²) in [4.78, 5) is 18.8. The third kappa shape index (κ3) is 11.3. The van der Waals surface area contributed by atoms with Crippen LogP contribution >= 0.6 is 23.4 Å². The fraction of sp³-hybridized carbons (Fsp3) is 0.372. The van der Waals surface area contributed by atoms with E-state index in [9.17, 15) is 34.8 Å². The van der Waals surface area contributed by atoms with Gasteiger partial charge in [-0.3, -0.25) is 9.69 Å². The standard InChI is InChI=1S/C43H47ClF3N5O6S3/c44-34-11-7-31(8-12-34)39-18-26-58-29-33(39)28-51-22-24-52(25-23-51)36-13-9-32(10-14-36)42(53)49-61(56,57)38-15-16-40(41(27-38)60(54,55)43(45,46)47)48-35(17-21-50-19-4-20-50)30-59-37-5-2-1-3-6-37/h1-3,5-16,27,35,48H,4,17-26,28-30H2,(H,49,53)/t35-/m1/s1. The Bertz CT molecular complexity index is 2410. The van der Waals surface area contributed by atoms with Gasteiger partial charge in [0.05, 0.1) is 23.8 Å². The van der Waals surface area contributed by atoms with E-state index in [2.05, 4.69) is 20.0 Å². The second-order valence-electron chi connectivity index (χ2n) is 15.2. The Balaban J connectivity index is 1.01. The molecule has 2 N–H and O–H groups in total. The number of amides is 1. The topological polar surface area (TPSA) is 128 Å². The van der Waals surface area contributed by atoms with Crippen LogP contribution < -0.4 is 14.9 Å². The Kier molecular flexibility index (Phi) is 14.4. The molecule has 4 aromatic rings. The van der Waals surface area contributed by atoms with Crippen molar-refractivity contribution in [2.45, 2.75) is 45.5 Å². The van der Waals surface area contributed by atoms with Crippen LogP contribution in [0.4, 0.5) is 24.5 Å². The first-order chi connectivity index (χ1) is 29.2. The molecule has 0 unspecified atom stereocenters. The number of alkyl halides is 3. The van der Waals surface area contributed by atoms with Gasteiger partial charge in [0, 0.05) is 72.2 Å². The number of sulfonamides is 1. The van der Waals surface area contributed by atoms with E-state index in [-0.39, 0.29) is 11.3 Å². The summed E-state index contributed by atoms with van der Waals surface area (Å²) in [6, 6.07) is 25.6. The second kappa shape index (κ2) is 19.5. The summed E-state index contributed by atoms with van der Waals surface area (Å²) in [6.45, 7) is 7.44. The van der Waals surface area contributed by atoms with E-state index in [1.165, 1.54) is 35.0 Å². The minimum atomic E-state index is -6.03. The summed E-state index contributed by atoms with van der Waals surface area (Å²) in [5, 5.41) is 3.67. The van der Waals surface area contributed by atoms with Crippen molar-refractivity contribution in [2.24, 2.45) is 0 Å². The Hall–Kier alpha value is -4.10. The molecule has 0 aromatic heterocycles. The van der Waals surface area contributed by atoms with Crippen molar-refractivity contribution in [2.75, 3.05) is 81.5 Å². The van der Waals surface area contributed by atoms with E-state index in [0.29, 0.717) is 56.1 Å². The van der Waals surface area contributed by atoms with Gasteiger partial charge >= 0.3 is 5.51 Å². The van der Waals surface area contributed by atoms with Crippen LogP contribution in [0, 0.1) is 0 Å². The molecule has 0 radical (unpaired) electrons. The number of nitrogens with zero attached hydrogens (tertiary/aromatic N) is 3. The summed E-state index contributed by atoms with van der Waals surface area (Å²) < 4.78 is 103. The fourth-order valence-corrected chi connectivity index (χ4v) is 10.6. The molecule has 7 rings (SSSR count). The Morgan fingerprint density at radius 1 is 0.852 bits per heavy atom. The highest BCUT2D eigenvalue weighted by atomic mass is 35.5. The van der Waals surface area contributed by atoms with Crippen molar-refractivity contribution in [3.63, 3.8) is 0 Å². The molecule has 3 heterocycles. The maximum atomic E-state index is 14.1. The van der Waals surface area contributed by atoms with Gasteiger partial charge in [-0.05, 0) is 116 Å². The van der Waals surface area contributed by atoms with Crippen molar-refractivity contribution in [1.82, 2.24) is 14.5 Å². The lowest BCUT2D eigenvalue weighted by Gasteiger charge is -2.37. The molecular formula is C43H47ClF3N5O6S3. The average Bonchev–Trinajstić information content (AvgIpc) is 3.23. The first kappa shape index (κ1) is 44.9. The van der Waals surface area contributed by atoms with Crippen LogP contribution in [0.1, 0.15) is 35.2 Å². The number of likely N-dealkylation sites (tertiary alicyclic amines) is 1. The summed E-state index contributed by atoms with van der Waals surface area (Å²) in [5.41, 5.74) is -1.61. The van der Waals surface area contributed by atoms with Gasteiger partial charge in [0.1, 0.15) is 4.90 Å². The molecule has 3 aliphatic rings. The van der Waals surface area contributed by atoms with Crippen LogP contribution in [0.5, 0.6) is 0 Å². The van der Waals surface area contributed by atoms with Crippen molar-refractivity contribution in [3.05, 3.63) is 119 Å².